The zero-order valence-corrected chi connectivity index (χ0v) is 12.3. The molecule has 0 heterocycles. The van der Waals surface area contributed by atoms with Gasteiger partial charge >= 0.3 is 0 Å². The first-order valence-electron chi connectivity index (χ1n) is 6.09. The number of nitrogens with two attached hydrogens (primary N) is 1. The largest absolute Gasteiger partial charge is 0.508 e. The van der Waals surface area contributed by atoms with Crippen LogP contribution in [-0.2, 0) is 0 Å². The molecule has 0 aliphatic carbocycles. The van der Waals surface area contributed by atoms with Crippen LogP contribution in [0.3, 0.4) is 0 Å². The van der Waals surface area contributed by atoms with E-state index in [1.807, 2.05) is 31.3 Å². The van der Waals surface area contributed by atoms with Gasteiger partial charge in [-0.15, -0.1) is 0 Å². The molecule has 0 bridgehead atoms. The van der Waals surface area contributed by atoms with Crippen molar-refractivity contribution in [2.75, 3.05) is 18.5 Å². The van der Waals surface area contributed by atoms with Crippen molar-refractivity contribution >= 4 is 21.6 Å². The lowest BCUT2D eigenvalue weighted by Crippen LogP contribution is -2.30. The lowest BCUT2D eigenvalue weighted by Gasteiger charge is -2.29. The van der Waals surface area contributed by atoms with Gasteiger partial charge in [-0.05, 0) is 42.0 Å². The fourth-order valence-corrected chi connectivity index (χ4v) is 2.52. The van der Waals surface area contributed by atoms with Crippen LogP contribution in [0.15, 0.2) is 53.0 Å². The van der Waals surface area contributed by atoms with Gasteiger partial charge in [-0.2, -0.15) is 0 Å². The van der Waals surface area contributed by atoms with Gasteiger partial charge in [0.2, 0.25) is 0 Å². The maximum Gasteiger partial charge on any atom is 0.115 e. The number of hydrogen-bond acceptors (Lipinski definition) is 3. The van der Waals surface area contributed by atoms with Gasteiger partial charge < -0.3 is 15.7 Å². The number of phenolic OH excluding ortho intramolecular Hbond substituents is 1. The number of likely N-dealkylation sites (N-methyl/N-ethyl adjacent to an activating group) is 1. The molecule has 0 saturated heterocycles. The average molecular weight is 321 g/mol. The normalized spacial score (nSPS) is 12.2. The summed E-state index contributed by atoms with van der Waals surface area (Å²) in [6, 6.07) is 15.4. The molecular formula is C15H17BrN2O. The molecule has 1 unspecified atom stereocenters. The number of aromatic hydroxyl groups is 1. The number of anilines is 1. The summed E-state index contributed by atoms with van der Waals surface area (Å²) < 4.78 is 1.04. The van der Waals surface area contributed by atoms with Gasteiger partial charge in [0.25, 0.3) is 0 Å². The van der Waals surface area contributed by atoms with Crippen molar-refractivity contribution < 1.29 is 5.11 Å². The van der Waals surface area contributed by atoms with Crippen molar-refractivity contribution in [3.63, 3.8) is 0 Å². The Labute approximate surface area is 121 Å². The third kappa shape index (κ3) is 3.28. The highest BCUT2D eigenvalue weighted by molar-refractivity contribution is 9.10. The molecule has 0 radical (unpaired) electrons. The first-order valence-corrected chi connectivity index (χ1v) is 6.88. The van der Waals surface area contributed by atoms with Crippen LogP contribution in [0.2, 0.25) is 0 Å². The number of rotatable bonds is 4. The molecule has 0 spiro atoms. The number of nitrogens with zero attached hydrogens (tertiary/aromatic N) is 1. The van der Waals surface area contributed by atoms with Crippen molar-refractivity contribution in [1.82, 2.24) is 0 Å². The van der Waals surface area contributed by atoms with E-state index in [-0.39, 0.29) is 11.8 Å². The van der Waals surface area contributed by atoms with Gasteiger partial charge in [0.15, 0.2) is 0 Å². The van der Waals surface area contributed by atoms with Crippen LogP contribution >= 0.6 is 15.9 Å². The van der Waals surface area contributed by atoms with E-state index >= 15 is 0 Å². The van der Waals surface area contributed by atoms with Crippen LogP contribution in [0, 0.1) is 0 Å². The van der Waals surface area contributed by atoms with Gasteiger partial charge in [-0.3, -0.25) is 0 Å². The van der Waals surface area contributed by atoms with Crippen LogP contribution in [0.5, 0.6) is 5.75 Å². The topological polar surface area (TPSA) is 49.5 Å². The second kappa shape index (κ2) is 6.08. The molecule has 4 heteroatoms. The molecular weight excluding hydrogens is 304 g/mol. The summed E-state index contributed by atoms with van der Waals surface area (Å²) in [4.78, 5) is 2.11. The molecule has 2 rings (SSSR count). The molecule has 2 aromatic carbocycles. The summed E-state index contributed by atoms with van der Waals surface area (Å²) in [5.74, 6) is 0.268. The van der Waals surface area contributed by atoms with Crippen LogP contribution in [0.25, 0.3) is 0 Å². The van der Waals surface area contributed by atoms with Crippen molar-refractivity contribution in [3.8, 4) is 5.75 Å². The lowest BCUT2D eigenvalue weighted by molar-refractivity contribution is 0.475. The third-order valence-electron chi connectivity index (χ3n) is 3.18. The molecule has 0 fully saturated rings. The fourth-order valence-electron chi connectivity index (χ4n) is 2.10. The van der Waals surface area contributed by atoms with E-state index in [1.165, 1.54) is 0 Å². The Hall–Kier alpha value is -1.52. The summed E-state index contributed by atoms with van der Waals surface area (Å²) in [6.45, 7) is 0.522. The minimum absolute atomic E-state index is 0.0991. The minimum Gasteiger partial charge on any atom is -0.508 e. The van der Waals surface area contributed by atoms with E-state index in [4.69, 9.17) is 5.73 Å². The number of hydrogen-bond donors (Lipinski definition) is 2. The zero-order chi connectivity index (χ0) is 13.8. The van der Waals surface area contributed by atoms with E-state index in [0.717, 1.165) is 15.7 Å². The Morgan fingerprint density at radius 2 is 1.89 bits per heavy atom. The molecule has 0 aromatic heterocycles. The summed E-state index contributed by atoms with van der Waals surface area (Å²) >= 11 is 3.48. The van der Waals surface area contributed by atoms with Gasteiger partial charge in [0.1, 0.15) is 5.75 Å². The standard InChI is InChI=1S/C15H17BrN2O/c1-18(13-5-7-14(19)8-6-13)15(10-17)11-3-2-4-12(16)9-11/h2-9,15,19H,10,17H2,1H3. The van der Waals surface area contributed by atoms with E-state index in [9.17, 15) is 5.11 Å². The quantitative estimate of drug-likeness (QED) is 0.908. The van der Waals surface area contributed by atoms with E-state index in [1.54, 1.807) is 12.1 Å². The SMILES string of the molecule is CN(c1ccc(O)cc1)C(CN)c1cccc(Br)c1. The summed E-state index contributed by atoms with van der Waals surface area (Å²) in [7, 11) is 2.00. The third-order valence-corrected chi connectivity index (χ3v) is 3.67. The Balaban J connectivity index is 2.28. The monoisotopic (exact) mass is 320 g/mol. The van der Waals surface area contributed by atoms with Crippen LogP contribution in [-0.4, -0.2) is 18.7 Å². The van der Waals surface area contributed by atoms with Crippen molar-refractivity contribution in [2.45, 2.75) is 6.04 Å². The summed E-state index contributed by atoms with van der Waals surface area (Å²) in [6.07, 6.45) is 0. The summed E-state index contributed by atoms with van der Waals surface area (Å²) in [5, 5.41) is 9.34. The highest BCUT2D eigenvalue weighted by Crippen LogP contribution is 2.27. The molecule has 0 aliphatic heterocycles. The molecule has 2 aromatic rings. The second-order valence-corrected chi connectivity index (χ2v) is 5.35. The highest BCUT2D eigenvalue weighted by Gasteiger charge is 2.16. The van der Waals surface area contributed by atoms with Crippen molar-refractivity contribution in [1.29, 1.82) is 0 Å². The number of benzene rings is 2. The first-order chi connectivity index (χ1) is 9.11. The molecule has 0 saturated carbocycles. The van der Waals surface area contributed by atoms with Gasteiger partial charge in [0, 0.05) is 23.8 Å². The van der Waals surface area contributed by atoms with Crippen LogP contribution in [0.1, 0.15) is 11.6 Å². The number of phenols is 1. The predicted molar refractivity (Wildman–Crippen MR) is 82.4 cm³/mol. The van der Waals surface area contributed by atoms with Crippen molar-refractivity contribution in [2.24, 2.45) is 5.73 Å². The molecule has 0 amide bonds. The average Bonchev–Trinajstić information content (AvgIpc) is 2.40. The van der Waals surface area contributed by atoms with Gasteiger partial charge in [-0.25, -0.2) is 0 Å². The fraction of sp³-hybridized carbons (Fsp3) is 0.200. The van der Waals surface area contributed by atoms with Crippen LogP contribution in [0.4, 0.5) is 5.69 Å². The molecule has 0 aliphatic rings. The molecule has 3 N–H and O–H groups in total. The Bertz CT molecular complexity index is 542. The van der Waals surface area contributed by atoms with Crippen molar-refractivity contribution in [3.05, 3.63) is 58.6 Å². The smallest absolute Gasteiger partial charge is 0.115 e. The molecule has 1 atom stereocenters. The van der Waals surface area contributed by atoms with E-state index < -0.39 is 0 Å². The van der Waals surface area contributed by atoms with E-state index in [0.29, 0.717) is 6.54 Å². The molecule has 3 nitrogen and oxygen atoms in total. The predicted octanol–water partition coefficient (Wildman–Crippen LogP) is 3.29. The Morgan fingerprint density at radius 3 is 2.47 bits per heavy atom. The molecule has 100 valence electrons. The molecule has 19 heavy (non-hydrogen) atoms. The second-order valence-electron chi connectivity index (χ2n) is 4.43. The maximum atomic E-state index is 9.34. The first kappa shape index (κ1) is 13.9. The maximum absolute atomic E-state index is 9.34. The van der Waals surface area contributed by atoms with E-state index in [2.05, 4.69) is 33.0 Å². The lowest BCUT2D eigenvalue weighted by atomic mass is 10.1. The number of halogens is 1. The van der Waals surface area contributed by atoms with Gasteiger partial charge in [-0.1, -0.05) is 28.1 Å². The van der Waals surface area contributed by atoms with Gasteiger partial charge in [0.05, 0.1) is 6.04 Å². The Kier molecular flexibility index (Phi) is 4.45. The summed E-state index contributed by atoms with van der Waals surface area (Å²) in [5.41, 5.74) is 8.10. The highest BCUT2D eigenvalue weighted by atomic mass is 79.9. The zero-order valence-electron chi connectivity index (χ0n) is 10.8. The Morgan fingerprint density at radius 1 is 1.21 bits per heavy atom. The van der Waals surface area contributed by atoms with Crippen LogP contribution < -0.4 is 10.6 Å². The minimum atomic E-state index is 0.0991.